The minimum atomic E-state index is -3.01. The van der Waals surface area contributed by atoms with Gasteiger partial charge in [0.15, 0.2) is 0 Å². The molecule has 188 valence electrons. The molecule has 1 aliphatic heterocycles. The molecular weight excluding hydrogens is 490 g/mol. The largest absolute Gasteiger partial charge is 0.354 e. The summed E-state index contributed by atoms with van der Waals surface area (Å²) in [5.41, 5.74) is 0.0126. The first-order chi connectivity index (χ1) is 17.2. The molecule has 2 amide bonds. The van der Waals surface area contributed by atoms with E-state index < -0.39 is 34.1 Å². The molecule has 1 fully saturated rings. The van der Waals surface area contributed by atoms with Crippen LogP contribution < -0.4 is 16.0 Å². The number of hydrogen-bond acceptors (Lipinski definition) is 7. The van der Waals surface area contributed by atoms with Crippen LogP contribution in [0.25, 0.3) is 0 Å². The van der Waals surface area contributed by atoms with Gasteiger partial charge in [-0.2, -0.15) is 0 Å². The van der Waals surface area contributed by atoms with Gasteiger partial charge in [-0.1, -0.05) is 18.2 Å². The molecule has 0 saturated carbocycles. The van der Waals surface area contributed by atoms with Gasteiger partial charge in [-0.25, -0.2) is 18.7 Å². The Bertz CT molecular complexity index is 1270. The van der Waals surface area contributed by atoms with E-state index in [0.29, 0.717) is 11.4 Å². The Balaban J connectivity index is 1.41. The van der Waals surface area contributed by atoms with Gasteiger partial charge in [-0.3, -0.25) is 18.8 Å². The molecule has 0 radical (unpaired) electrons. The lowest BCUT2D eigenvalue weighted by Crippen LogP contribution is -2.59. The average Bonchev–Trinajstić information content (AvgIpc) is 3.25. The lowest BCUT2D eigenvalue weighted by molar-refractivity contribution is -0.126. The maximum atomic E-state index is 13.9. The number of halogens is 2. The van der Waals surface area contributed by atoms with E-state index in [1.165, 1.54) is 31.0 Å². The van der Waals surface area contributed by atoms with E-state index in [1.54, 1.807) is 30.3 Å². The molecule has 1 aromatic carbocycles. The normalized spacial score (nSPS) is 19.5. The first-order valence-corrected chi connectivity index (χ1v) is 12.6. The summed E-state index contributed by atoms with van der Waals surface area (Å²) in [5, 5.41) is 8.41. The van der Waals surface area contributed by atoms with Gasteiger partial charge < -0.3 is 16.0 Å². The molecule has 4 rings (SSSR count). The van der Waals surface area contributed by atoms with Crippen molar-refractivity contribution in [3.63, 3.8) is 0 Å². The number of alkyl halides is 2. The SMILES string of the molecule is CC(F)(F)c1ccccc1Nc1ccc(CNC(=O)C2(NC(=O)c3cncnc3)CCS(=O)C2)nc1. The molecule has 1 saturated heterocycles. The summed E-state index contributed by atoms with van der Waals surface area (Å²) in [6.07, 6.45) is 5.65. The van der Waals surface area contributed by atoms with Crippen LogP contribution in [-0.2, 0) is 28.1 Å². The predicted octanol–water partition coefficient (Wildman–Crippen LogP) is 2.66. The second-order valence-corrected chi connectivity index (χ2v) is 10.1. The summed E-state index contributed by atoms with van der Waals surface area (Å²) in [7, 11) is -1.25. The fourth-order valence-corrected chi connectivity index (χ4v) is 5.44. The number of carbonyl (C=O) groups excluding carboxylic acids is 2. The Morgan fingerprint density at radius 2 is 1.86 bits per heavy atom. The quantitative estimate of drug-likeness (QED) is 0.422. The maximum Gasteiger partial charge on any atom is 0.272 e. The fourth-order valence-electron chi connectivity index (χ4n) is 3.82. The zero-order chi connectivity index (χ0) is 25.8. The lowest BCUT2D eigenvalue weighted by atomic mass is 9.97. The van der Waals surface area contributed by atoms with Crippen LogP contribution >= 0.6 is 0 Å². The number of amides is 2. The number of pyridine rings is 1. The molecule has 0 aliphatic carbocycles. The molecule has 36 heavy (non-hydrogen) atoms. The molecule has 3 aromatic rings. The molecule has 2 atom stereocenters. The van der Waals surface area contributed by atoms with Crippen LogP contribution in [0.3, 0.4) is 0 Å². The van der Waals surface area contributed by atoms with Crippen LogP contribution in [-0.4, -0.2) is 48.0 Å². The van der Waals surface area contributed by atoms with Gasteiger partial charge >= 0.3 is 0 Å². The predicted molar refractivity (Wildman–Crippen MR) is 130 cm³/mol. The van der Waals surface area contributed by atoms with Crippen LogP contribution in [0.1, 0.15) is 35.0 Å². The standard InChI is InChI=1S/C24H24F2N6O3S/c1-23(25,26)19-4-2-3-5-20(19)31-18-7-6-17(29-13-18)12-30-22(34)24(8-9-36(35)14-24)32-21(33)16-10-27-15-28-11-16/h2-7,10-11,13,15,31H,8-9,12,14H2,1H3,(H,30,34)(H,32,33). The van der Waals surface area contributed by atoms with Crippen molar-refractivity contribution in [2.75, 3.05) is 16.8 Å². The minimum absolute atomic E-state index is 0.00395. The highest BCUT2D eigenvalue weighted by atomic mass is 32.2. The van der Waals surface area contributed by atoms with E-state index in [2.05, 4.69) is 30.9 Å². The van der Waals surface area contributed by atoms with Crippen molar-refractivity contribution >= 4 is 34.0 Å². The molecule has 3 heterocycles. The van der Waals surface area contributed by atoms with Crippen LogP contribution in [0.15, 0.2) is 61.3 Å². The lowest BCUT2D eigenvalue weighted by Gasteiger charge is -2.28. The van der Waals surface area contributed by atoms with E-state index in [4.69, 9.17) is 0 Å². The minimum Gasteiger partial charge on any atom is -0.354 e. The number of benzene rings is 1. The average molecular weight is 515 g/mol. The Hall–Kier alpha value is -3.80. The van der Waals surface area contributed by atoms with E-state index in [9.17, 15) is 22.6 Å². The summed E-state index contributed by atoms with van der Waals surface area (Å²) in [4.78, 5) is 37.6. The molecule has 3 N–H and O–H groups in total. The summed E-state index contributed by atoms with van der Waals surface area (Å²) >= 11 is 0. The third-order valence-electron chi connectivity index (χ3n) is 5.71. The number of aromatic nitrogens is 3. The molecule has 0 bridgehead atoms. The summed E-state index contributed by atoms with van der Waals surface area (Å²) < 4.78 is 39.9. The zero-order valence-electron chi connectivity index (χ0n) is 19.3. The Morgan fingerprint density at radius 1 is 1.11 bits per heavy atom. The van der Waals surface area contributed by atoms with Crippen molar-refractivity contribution in [2.24, 2.45) is 0 Å². The number of hydrogen-bond donors (Lipinski definition) is 3. The Labute approximate surface area is 208 Å². The number of para-hydroxylation sites is 1. The first-order valence-electron chi connectivity index (χ1n) is 11.1. The van der Waals surface area contributed by atoms with E-state index >= 15 is 0 Å². The summed E-state index contributed by atoms with van der Waals surface area (Å²) in [6, 6.07) is 9.43. The van der Waals surface area contributed by atoms with Crippen molar-refractivity contribution < 1.29 is 22.6 Å². The van der Waals surface area contributed by atoms with Crippen molar-refractivity contribution in [3.05, 3.63) is 78.1 Å². The molecule has 12 heteroatoms. The van der Waals surface area contributed by atoms with Crippen molar-refractivity contribution in [2.45, 2.75) is 31.4 Å². The topological polar surface area (TPSA) is 126 Å². The third-order valence-corrected chi connectivity index (χ3v) is 7.18. The highest BCUT2D eigenvalue weighted by Crippen LogP contribution is 2.34. The van der Waals surface area contributed by atoms with E-state index in [0.717, 1.165) is 6.92 Å². The summed E-state index contributed by atoms with van der Waals surface area (Å²) in [6.45, 7) is 0.891. The highest BCUT2D eigenvalue weighted by Gasteiger charge is 2.46. The van der Waals surface area contributed by atoms with Gasteiger partial charge in [0.25, 0.3) is 11.8 Å². The molecule has 2 unspecified atom stereocenters. The van der Waals surface area contributed by atoms with Crippen LogP contribution in [0.4, 0.5) is 20.2 Å². The van der Waals surface area contributed by atoms with Gasteiger partial charge in [0, 0.05) is 47.1 Å². The molecule has 0 spiro atoms. The fraction of sp³-hybridized carbons (Fsp3) is 0.292. The monoisotopic (exact) mass is 514 g/mol. The maximum absolute atomic E-state index is 13.9. The molecular formula is C24H24F2N6O3S. The molecule has 9 nitrogen and oxygen atoms in total. The third kappa shape index (κ3) is 5.88. The van der Waals surface area contributed by atoms with E-state index in [1.807, 2.05) is 0 Å². The van der Waals surface area contributed by atoms with Crippen LogP contribution in [0.5, 0.6) is 0 Å². The van der Waals surface area contributed by atoms with Crippen LogP contribution in [0.2, 0.25) is 0 Å². The van der Waals surface area contributed by atoms with Crippen molar-refractivity contribution in [1.29, 1.82) is 0 Å². The summed E-state index contributed by atoms with van der Waals surface area (Å²) in [5.74, 6) is -3.73. The smallest absolute Gasteiger partial charge is 0.272 e. The van der Waals surface area contributed by atoms with Gasteiger partial charge in [0.2, 0.25) is 5.91 Å². The highest BCUT2D eigenvalue weighted by molar-refractivity contribution is 7.85. The number of nitrogens with zero attached hydrogens (tertiary/aromatic N) is 3. The Morgan fingerprint density at radius 3 is 2.50 bits per heavy atom. The van der Waals surface area contributed by atoms with Gasteiger partial charge in [0.05, 0.1) is 35.4 Å². The van der Waals surface area contributed by atoms with Crippen LogP contribution in [0, 0.1) is 0 Å². The number of anilines is 2. The Kier molecular flexibility index (Phi) is 7.34. The molecule has 2 aromatic heterocycles. The van der Waals surface area contributed by atoms with Gasteiger partial charge in [-0.15, -0.1) is 0 Å². The van der Waals surface area contributed by atoms with Gasteiger partial charge in [0.1, 0.15) is 11.9 Å². The second-order valence-electron chi connectivity index (χ2n) is 8.48. The molecule has 1 aliphatic rings. The number of nitrogens with one attached hydrogen (secondary N) is 3. The first kappa shape index (κ1) is 25.3. The second kappa shape index (κ2) is 10.4. The van der Waals surface area contributed by atoms with E-state index in [-0.39, 0.29) is 41.3 Å². The van der Waals surface area contributed by atoms with Crippen molar-refractivity contribution in [1.82, 2.24) is 25.6 Å². The zero-order valence-corrected chi connectivity index (χ0v) is 20.1. The number of carbonyl (C=O) groups is 2. The van der Waals surface area contributed by atoms with Crippen molar-refractivity contribution in [3.8, 4) is 0 Å². The number of rotatable bonds is 8. The van der Waals surface area contributed by atoms with Gasteiger partial charge in [-0.05, 0) is 24.6 Å².